The minimum Gasteiger partial charge on any atom is -0.396 e. The summed E-state index contributed by atoms with van der Waals surface area (Å²) >= 11 is 0. The van der Waals surface area contributed by atoms with Crippen LogP contribution in [-0.2, 0) is 6.42 Å². The summed E-state index contributed by atoms with van der Waals surface area (Å²) < 4.78 is 0. The molecule has 1 heterocycles. The molecule has 0 saturated carbocycles. The van der Waals surface area contributed by atoms with Gasteiger partial charge in [-0.05, 0) is 48.1 Å². The van der Waals surface area contributed by atoms with Gasteiger partial charge in [0, 0.05) is 19.7 Å². The highest BCUT2D eigenvalue weighted by molar-refractivity contribution is 5.75. The molecule has 0 radical (unpaired) electrons. The van der Waals surface area contributed by atoms with E-state index in [1.807, 2.05) is 11.0 Å². The van der Waals surface area contributed by atoms with E-state index in [1.165, 1.54) is 11.1 Å². The van der Waals surface area contributed by atoms with Gasteiger partial charge in [0.1, 0.15) is 0 Å². The molecule has 2 atom stereocenters. The fourth-order valence-corrected chi connectivity index (χ4v) is 4.05. The molecule has 1 fully saturated rings. The number of nitrogens with one attached hydrogen (secondary N) is 1. The molecule has 2 amide bonds. The molecule has 126 valence electrons. The summed E-state index contributed by atoms with van der Waals surface area (Å²) in [7, 11) is 0. The molecule has 2 unspecified atom stereocenters. The van der Waals surface area contributed by atoms with E-state index in [2.05, 4.69) is 37.4 Å². The van der Waals surface area contributed by atoms with Crippen LogP contribution < -0.4 is 5.32 Å². The number of benzene rings is 1. The summed E-state index contributed by atoms with van der Waals surface area (Å²) in [6.45, 7) is 6.04. The summed E-state index contributed by atoms with van der Waals surface area (Å²) in [5, 5.41) is 12.9. The minimum atomic E-state index is 0.0179. The maximum Gasteiger partial charge on any atom is 0.317 e. The highest BCUT2D eigenvalue weighted by Crippen LogP contribution is 2.37. The smallest absolute Gasteiger partial charge is 0.317 e. The zero-order chi connectivity index (χ0) is 16.4. The molecular formula is C19H28N2O2. The van der Waals surface area contributed by atoms with E-state index >= 15 is 0 Å². The number of hydrogen-bond donors (Lipinski definition) is 2. The van der Waals surface area contributed by atoms with Gasteiger partial charge in [-0.25, -0.2) is 4.79 Å². The van der Waals surface area contributed by atoms with Gasteiger partial charge in [0.25, 0.3) is 0 Å². The zero-order valence-corrected chi connectivity index (χ0v) is 14.2. The van der Waals surface area contributed by atoms with Crippen LogP contribution in [0.5, 0.6) is 0 Å². The van der Waals surface area contributed by atoms with Crippen molar-refractivity contribution in [3.8, 4) is 0 Å². The number of rotatable bonds is 3. The molecule has 4 nitrogen and oxygen atoms in total. The summed E-state index contributed by atoms with van der Waals surface area (Å²) in [6, 6.07) is 8.58. The average Bonchev–Trinajstić information content (AvgIpc) is 2.90. The molecular weight excluding hydrogens is 288 g/mol. The first-order valence-corrected chi connectivity index (χ1v) is 8.82. The maximum atomic E-state index is 12.6. The quantitative estimate of drug-likeness (QED) is 0.900. The van der Waals surface area contributed by atoms with Crippen molar-refractivity contribution in [1.29, 1.82) is 0 Å². The first kappa shape index (κ1) is 16.3. The number of aliphatic hydroxyl groups is 1. The molecule has 2 aliphatic rings. The second kappa shape index (κ2) is 6.52. The fourth-order valence-electron chi connectivity index (χ4n) is 4.05. The lowest BCUT2D eigenvalue weighted by atomic mass is 9.77. The lowest BCUT2D eigenvalue weighted by Gasteiger charge is -2.40. The number of hydrogen-bond acceptors (Lipinski definition) is 2. The fraction of sp³-hybridized carbons (Fsp3) is 0.632. The first-order valence-electron chi connectivity index (χ1n) is 8.82. The minimum absolute atomic E-state index is 0.0179. The zero-order valence-electron chi connectivity index (χ0n) is 14.2. The monoisotopic (exact) mass is 316 g/mol. The Morgan fingerprint density at radius 3 is 2.70 bits per heavy atom. The largest absolute Gasteiger partial charge is 0.396 e. The topological polar surface area (TPSA) is 52.6 Å². The van der Waals surface area contributed by atoms with Gasteiger partial charge in [0.15, 0.2) is 0 Å². The van der Waals surface area contributed by atoms with Crippen molar-refractivity contribution in [2.75, 3.05) is 19.7 Å². The van der Waals surface area contributed by atoms with Crippen LogP contribution in [0.3, 0.4) is 0 Å². The third-order valence-corrected chi connectivity index (χ3v) is 5.98. The molecule has 3 rings (SSSR count). The van der Waals surface area contributed by atoms with Crippen LogP contribution in [0.25, 0.3) is 0 Å². The Kier molecular flexibility index (Phi) is 4.62. The molecule has 4 heteroatoms. The van der Waals surface area contributed by atoms with Crippen LogP contribution in [0.15, 0.2) is 24.3 Å². The number of carbonyl (C=O) groups is 1. The van der Waals surface area contributed by atoms with Crippen LogP contribution >= 0.6 is 0 Å². The van der Waals surface area contributed by atoms with Crippen molar-refractivity contribution in [2.45, 2.75) is 45.6 Å². The Balaban J connectivity index is 1.62. The van der Waals surface area contributed by atoms with Crippen molar-refractivity contribution >= 4 is 6.03 Å². The second-order valence-electron chi connectivity index (χ2n) is 7.31. The SMILES string of the molecule is CCC1(CO)CCN(C(=O)NC2c3ccccc3CC2C)CC1. The van der Waals surface area contributed by atoms with E-state index in [9.17, 15) is 9.90 Å². The lowest BCUT2D eigenvalue weighted by molar-refractivity contribution is 0.0512. The van der Waals surface area contributed by atoms with Crippen LogP contribution in [0.1, 0.15) is 50.3 Å². The molecule has 0 bridgehead atoms. The second-order valence-corrected chi connectivity index (χ2v) is 7.31. The average molecular weight is 316 g/mol. The number of fused-ring (bicyclic) bond motifs is 1. The van der Waals surface area contributed by atoms with E-state index in [0.29, 0.717) is 5.92 Å². The van der Waals surface area contributed by atoms with Crippen LogP contribution in [-0.4, -0.2) is 35.7 Å². The van der Waals surface area contributed by atoms with E-state index in [0.717, 1.165) is 38.8 Å². The Bertz CT molecular complexity index is 558. The first-order chi connectivity index (χ1) is 11.1. The summed E-state index contributed by atoms with van der Waals surface area (Å²) in [4.78, 5) is 14.6. The van der Waals surface area contributed by atoms with Crippen molar-refractivity contribution in [3.63, 3.8) is 0 Å². The number of urea groups is 1. The molecule has 1 aromatic rings. The number of nitrogens with zero attached hydrogens (tertiary/aromatic N) is 1. The molecule has 1 saturated heterocycles. The Labute approximate surface area is 138 Å². The molecule has 1 aliphatic carbocycles. The Morgan fingerprint density at radius 1 is 1.35 bits per heavy atom. The van der Waals surface area contributed by atoms with E-state index < -0.39 is 0 Å². The summed E-state index contributed by atoms with van der Waals surface area (Å²) in [5.41, 5.74) is 2.64. The Morgan fingerprint density at radius 2 is 2.04 bits per heavy atom. The summed E-state index contributed by atoms with van der Waals surface area (Å²) in [6.07, 6.45) is 3.80. The van der Waals surface area contributed by atoms with Crippen LogP contribution in [0.2, 0.25) is 0 Å². The number of piperidine rings is 1. The van der Waals surface area contributed by atoms with Gasteiger partial charge in [-0.1, -0.05) is 38.1 Å². The molecule has 1 aromatic carbocycles. The normalized spacial score (nSPS) is 26.0. The maximum absolute atomic E-state index is 12.6. The third-order valence-electron chi connectivity index (χ3n) is 5.98. The number of aliphatic hydroxyl groups excluding tert-OH is 1. The van der Waals surface area contributed by atoms with Gasteiger partial charge in [0.05, 0.1) is 6.04 Å². The van der Waals surface area contributed by atoms with Gasteiger partial charge < -0.3 is 15.3 Å². The van der Waals surface area contributed by atoms with Gasteiger partial charge in [-0.2, -0.15) is 0 Å². The van der Waals surface area contributed by atoms with E-state index in [1.54, 1.807) is 0 Å². The number of carbonyl (C=O) groups excluding carboxylic acids is 1. The Hall–Kier alpha value is -1.55. The van der Waals surface area contributed by atoms with E-state index in [-0.39, 0.29) is 24.1 Å². The molecule has 0 spiro atoms. The van der Waals surface area contributed by atoms with Gasteiger partial charge >= 0.3 is 6.03 Å². The van der Waals surface area contributed by atoms with Gasteiger partial charge in [-0.15, -0.1) is 0 Å². The number of likely N-dealkylation sites (tertiary alicyclic amines) is 1. The molecule has 23 heavy (non-hydrogen) atoms. The highest BCUT2D eigenvalue weighted by atomic mass is 16.3. The van der Waals surface area contributed by atoms with Crippen molar-refractivity contribution in [3.05, 3.63) is 35.4 Å². The third kappa shape index (κ3) is 3.09. The van der Waals surface area contributed by atoms with E-state index in [4.69, 9.17) is 0 Å². The summed E-state index contributed by atoms with van der Waals surface area (Å²) in [5.74, 6) is 0.438. The number of amides is 2. The molecule has 1 aliphatic heterocycles. The van der Waals surface area contributed by atoms with Crippen molar-refractivity contribution in [2.24, 2.45) is 11.3 Å². The predicted octanol–water partition coefficient (Wildman–Crippen LogP) is 3.11. The standard InChI is InChI=1S/C19H28N2O2/c1-3-19(13-22)8-10-21(11-9-19)18(23)20-17-14(2)12-15-6-4-5-7-16(15)17/h4-7,14,17,22H,3,8-13H2,1-2H3,(H,20,23). The molecule has 0 aromatic heterocycles. The predicted molar refractivity (Wildman–Crippen MR) is 91.2 cm³/mol. The van der Waals surface area contributed by atoms with Crippen molar-refractivity contribution < 1.29 is 9.90 Å². The lowest BCUT2D eigenvalue weighted by Crippen LogP contribution is -2.49. The highest BCUT2D eigenvalue weighted by Gasteiger charge is 2.36. The van der Waals surface area contributed by atoms with Crippen molar-refractivity contribution in [1.82, 2.24) is 10.2 Å². The van der Waals surface area contributed by atoms with Gasteiger partial charge in [-0.3, -0.25) is 0 Å². The van der Waals surface area contributed by atoms with Gasteiger partial charge in [0.2, 0.25) is 0 Å². The van der Waals surface area contributed by atoms with Crippen LogP contribution in [0.4, 0.5) is 4.79 Å². The molecule has 2 N–H and O–H groups in total. The van der Waals surface area contributed by atoms with Crippen LogP contribution in [0, 0.1) is 11.3 Å².